The molecule has 0 N–H and O–H groups in total. The van der Waals surface area contributed by atoms with Gasteiger partial charge in [-0.05, 0) is 25.1 Å². The highest BCUT2D eigenvalue weighted by atomic mass is 35.5. The third kappa shape index (κ3) is 2.76. The number of carbonyl (C=O) groups excluding carboxylic acids is 1. The maximum Gasteiger partial charge on any atom is 0.358 e. The second-order valence-electron chi connectivity index (χ2n) is 4.69. The average molecular weight is 301 g/mol. The van der Waals surface area contributed by atoms with E-state index in [9.17, 15) is 4.79 Å². The number of rotatable bonds is 3. The van der Waals surface area contributed by atoms with Crippen LogP contribution in [-0.4, -0.2) is 15.4 Å². The molecule has 0 saturated carbocycles. The molecule has 3 rings (SSSR count). The van der Waals surface area contributed by atoms with E-state index in [0.29, 0.717) is 5.02 Å². The van der Waals surface area contributed by atoms with Crippen LogP contribution >= 0.6 is 11.6 Å². The summed E-state index contributed by atoms with van der Waals surface area (Å²) in [5.74, 6) is -0.460. The summed E-state index contributed by atoms with van der Waals surface area (Å²) in [6.45, 7) is 2.08. The van der Waals surface area contributed by atoms with Gasteiger partial charge in [-0.1, -0.05) is 35.9 Å². The number of fused-ring (bicyclic) bond motifs is 1. The van der Waals surface area contributed by atoms with Crippen LogP contribution in [-0.2, 0) is 11.3 Å². The van der Waals surface area contributed by atoms with E-state index >= 15 is 0 Å². The Hall–Kier alpha value is -2.33. The fourth-order valence-electron chi connectivity index (χ4n) is 2.08. The highest BCUT2D eigenvalue weighted by Crippen LogP contribution is 2.16. The van der Waals surface area contributed by atoms with Crippen molar-refractivity contribution in [2.24, 2.45) is 0 Å². The molecule has 0 aliphatic rings. The summed E-state index contributed by atoms with van der Waals surface area (Å²) in [5.41, 5.74) is 2.79. The van der Waals surface area contributed by atoms with Crippen molar-refractivity contribution in [3.05, 3.63) is 70.6 Å². The molecule has 0 aliphatic carbocycles. The zero-order valence-corrected chi connectivity index (χ0v) is 12.2. The molecule has 21 heavy (non-hydrogen) atoms. The number of imidazole rings is 1. The molecule has 0 aliphatic heterocycles. The normalized spacial score (nSPS) is 10.8. The van der Waals surface area contributed by atoms with E-state index in [-0.39, 0.29) is 12.3 Å². The standard InChI is InChI=1S/C16H13ClN2O2/c1-11-5-4-8-15-18-14(9-19(11)15)16(20)21-10-12-6-2-3-7-13(12)17/h2-9H,10H2,1H3. The third-order valence-electron chi connectivity index (χ3n) is 3.22. The summed E-state index contributed by atoms with van der Waals surface area (Å²) in [6.07, 6.45) is 1.68. The number of benzene rings is 1. The first-order valence-electron chi connectivity index (χ1n) is 6.50. The van der Waals surface area contributed by atoms with Gasteiger partial charge in [0.15, 0.2) is 5.69 Å². The molecule has 2 aromatic heterocycles. The SMILES string of the molecule is Cc1cccc2nc(C(=O)OCc3ccccc3Cl)cn12. The van der Waals surface area contributed by atoms with E-state index in [4.69, 9.17) is 16.3 Å². The van der Waals surface area contributed by atoms with Gasteiger partial charge >= 0.3 is 5.97 Å². The molecule has 5 heteroatoms. The topological polar surface area (TPSA) is 43.6 Å². The van der Waals surface area contributed by atoms with Crippen molar-refractivity contribution in [3.8, 4) is 0 Å². The zero-order valence-electron chi connectivity index (χ0n) is 11.4. The molecular formula is C16H13ClN2O2. The number of aromatic nitrogens is 2. The lowest BCUT2D eigenvalue weighted by atomic mass is 10.2. The molecule has 2 heterocycles. The van der Waals surface area contributed by atoms with Crippen molar-refractivity contribution < 1.29 is 9.53 Å². The molecule has 0 radical (unpaired) electrons. The zero-order chi connectivity index (χ0) is 14.8. The van der Waals surface area contributed by atoms with Crippen LogP contribution in [0.3, 0.4) is 0 Å². The predicted molar refractivity (Wildman–Crippen MR) is 80.5 cm³/mol. The number of nitrogens with zero attached hydrogens (tertiary/aromatic N) is 2. The molecule has 0 spiro atoms. The quantitative estimate of drug-likeness (QED) is 0.693. The largest absolute Gasteiger partial charge is 0.456 e. The van der Waals surface area contributed by atoms with E-state index in [0.717, 1.165) is 16.9 Å². The number of esters is 1. The number of carbonyl (C=O) groups is 1. The number of hydrogen-bond donors (Lipinski definition) is 0. The van der Waals surface area contributed by atoms with Crippen LogP contribution < -0.4 is 0 Å². The minimum absolute atomic E-state index is 0.130. The molecule has 0 amide bonds. The van der Waals surface area contributed by atoms with Gasteiger partial charge in [-0.2, -0.15) is 0 Å². The Morgan fingerprint density at radius 1 is 1.24 bits per heavy atom. The minimum atomic E-state index is -0.460. The van der Waals surface area contributed by atoms with Crippen molar-refractivity contribution in [1.82, 2.24) is 9.38 Å². The van der Waals surface area contributed by atoms with Gasteiger partial charge in [0.2, 0.25) is 0 Å². The summed E-state index contributed by atoms with van der Waals surface area (Å²) in [4.78, 5) is 16.3. The molecule has 0 atom stereocenters. The minimum Gasteiger partial charge on any atom is -0.456 e. The molecule has 1 aromatic carbocycles. The van der Waals surface area contributed by atoms with Gasteiger partial charge in [-0.15, -0.1) is 0 Å². The highest BCUT2D eigenvalue weighted by Gasteiger charge is 2.13. The number of hydrogen-bond acceptors (Lipinski definition) is 3. The van der Waals surface area contributed by atoms with Crippen molar-refractivity contribution in [2.75, 3.05) is 0 Å². The van der Waals surface area contributed by atoms with Crippen LogP contribution in [0, 0.1) is 6.92 Å². The fraction of sp³-hybridized carbons (Fsp3) is 0.125. The number of ether oxygens (including phenoxy) is 1. The molecule has 3 aromatic rings. The molecule has 0 fully saturated rings. The molecule has 0 unspecified atom stereocenters. The Bertz CT molecular complexity index is 811. The molecule has 0 bridgehead atoms. The Morgan fingerprint density at radius 2 is 2.05 bits per heavy atom. The molecule has 0 saturated heterocycles. The van der Waals surface area contributed by atoms with E-state index < -0.39 is 5.97 Å². The van der Waals surface area contributed by atoms with Crippen molar-refractivity contribution in [2.45, 2.75) is 13.5 Å². The van der Waals surface area contributed by atoms with E-state index in [2.05, 4.69) is 4.98 Å². The van der Waals surface area contributed by atoms with Crippen molar-refractivity contribution in [3.63, 3.8) is 0 Å². The molecule has 4 nitrogen and oxygen atoms in total. The van der Waals surface area contributed by atoms with Crippen LogP contribution in [0.15, 0.2) is 48.7 Å². The monoisotopic (exact) mass is 300 g/mol. The Labute approximate surface area is 126 Å². The van der Waals surface area contributed by atoms with Gasteiger partial charge < -0.3 is 9.14 Å². The first-order chi connectivity index (χ1) is 10.1. The first-order valence-corrected chi connectivity index (χ1v) is 6.88. The van der Waals surface area contributed by atoms with E-state index in [1.54, 1.807) is 12.3 Å². The van der Waals surface area contributed by atoms with E-state index in [1.807, 2.05) is 47.7 Å². The summed E-state index contributed by atoms with van der Waals surface area (Å²) in [6, 6.07) is 13.0. The van der Waals surface area contributed by atoms with Gasteiger partial charge in [-0.25, -0.2) is 9.78 Å². The van der Waals surface area contributed by atoms with Gasteiger partial charge in [0.05, 0.1) is 0 Å². The van der Waals surface area contributed by atoms with Crippen molar-refractivity contribution >= 4 is 23.2 Å². The Morgan fingerprint density at radius 3 is 2.81 bits per heavy atom. The smallest absolute Gasteiger partial charge is 0.358 e. The van der Waals surface area contributed by atoms with E-state index in [1.165, 1.54) is 0 Å². The van der Waals surface area contributed by atoms with Crippen LogP contribution in [0.4, 0.5) is 0 Å². The lowest BCUT2D eigenvalue weighted by Crippen LogP contribution is -2.05. The summed E-state index contributed by atoms with van der Waals surface area (Å²) >= 11 is 6.03. The first kappa shape index (κ1) is 13.6. The summed E-state index contributed by atoms with van der Waals surface area (Å²) in [7, 11) is 0. The maximum absolute atomic E-state index is 12.1. The van der Waals surface area contributed by atoms with Crippen LogP contribution in [0.1, 0.15) is 21.7 Å². The predicted octanol–water partition coefficient (Wildman–Crippen LogP) is 3.65. The van der Waals surface area contributed by atoms with Crippen molar-refractivity contribution in [1.29, 1.82) is 0 Å². The Kier molecular flexibility index (Phi) is 3.62. The van der Waals surface area contributed by atoms with Crippen LogP contribution in [0.5, 0.6) is 0 Å². The second kappa shape index (κ2) is 5.58. The number of aryl methyl sites for hydroxylation is 1. The summed E-state index contributed by atoms with van der Waals surface area (Å²) < 4.78 is 7.12. The lowest BCUT2D eigenvalue weighted by molar-refractivity contribution is 0.0466. The molecular weight excluding hydrogens is 288 g/mol. The van der Waals surface area contributed by atoms with Gasteiger partial charge in [-0.3, -0.25) is 0 Å². The third-order valence-corrected chi connectivity index (χ3v) is 3.59. The van der Waals surface area contributed by atoms with Gasteiger partial charge in [0.1, 0.15) is 12.3 Å². The van der Waals surface area contributed by atoms with Gasteiger partial charge in [0.25, 0.3) is 0 Å². The second-order valence-corrected chi connectivity index (χ2v) is 5.10. The average Bonchev–Trinajstić information content (AvgIpc) is 2.92. The van der Waals surface area contributed by atoms with Gasteiger partial charge in [0, 0.05) is 22.5 Å². The fourth-order valence-corrected chi connectivity index (χ4v) is 2.27. The highest BCUT2D eigenvalue weighted by molar-refractivity contribution is 6.31. The number of pyridine rings is 1. The van der Waals surface area contributed by atoms with Crippen LogP contribution in [0.2, 0.25) is 5.02 Å². The summed E-state index contributed by atoms with van der Waals surface area (Å²) in [5, 5.41) is 0.580. The number of halogens is 1. The maximum atomic E-state index is 12.1. The van der Waals surface area contributed by atoms with Crippen LogP contribution in [0.25, 0.3) is 5.65 Å². The molecule has 106 valence electrons. The Balaban J connectivity index is 1.78. The lowest BCUT2D eigenvalue weighted by Gasteiger charge is -2.04.